The molecule has 1 fully saturated rings. The van der Waals surface area contributed by atoms with E-state index in [2.05, 4.69) is 21.2 Å². The Morgan fingerprint density at radius 3 is 2.40 bits per heavy atom. The summed E-state index contributed by atoms with van der Waals surface area (Å²) < 4.78 is 50.4. The van der Waals surface area contributed by atoms with E-state index in [1.54, 1.807) is 6.92 Å². The summed E-state index contributed by atoms with van der Waals surface area (Å²) in [6.07, 6.45) is 1.49. The van der Waals surface area contributed by atoms with Crippen molar-refractivity contribution in [3.05, 3.63) is 87.0 Å². The highest BCUT2D eigenvalue weighted by Gasteiger charge is 2.35. The molecule has 0 unspecified atom stereocenters. The van der Waals surface area contributed by atoms with Crippen LogP contribution in [0.3, 0.4) is 0 Å². The molecule has 208 valence electrons. The molecule has 1 aliphatic heterocycles. The number of carbonyl (C=O) groups is 3. The summed E-state index contributed by atoms with van der Waals surface area (Å²) in [6.45, 7) is 3.22. The van der Waals surface area contributed by atoms with Crippen LogP contribution in [0.1, 0.15) is 25.0 Å². The zero-order valence-corrected chi connectivity index (χ0v) is 24.4. The maximum absolute atomic E-state index is 13.2. The van der Waals surface area contributed by atoms with Gasteiger partial charge in [0, 0.05) is 12.6 Å². The number of rotatable bonds is 9. The normalized spacial score (nSPS) is 14.5. The van der Waals surface area contributed by atoms with E-state index in [0.29, 0.717) is 16.8 Å². The maximum Gasteiger partial charge on any atom is 0.339 e. The third kappa shape index (κ3) is 6.90. The van der Waals surface area contributed by atoms with Crippen LogP contribution in [-0.2, 0) is 26.3 Å². The van der Waals surface area contributed by atoms with Crippen LogP contribution < -0.4 is 14.2 Å². The fraction of sp³-hybridized carbons (Fsp3) is 0.148. The molecular formula is C27H22BrFN2O7S2. The molecule has 40 heavy (non-hydrogen) atoms. The molecule has 1 aliphatic rings. The number of ether oxygens (including phenoxy) is 1. The minimum atomic E-state index is -4.28. The van der Waals surface area contributed by atoms with Crippen LogP contribution in [0.4, 0.5) is 14.9 Å². The van der Waals surface area contributed by atoms with Gasteiger partial charge in [-0.3, -0.25) is 19.3 Å². The SMILES string of the molecule is CCOc1cc(/C=C2\SC(=O)N(Cc3ccc(F)cc3)C2=O)cc(Br)c1OS(=O)(=O)c1ccc(NC(C)=O)cc1. The van der Waals surface area contributed by atoms with E-state index in [-0.39, 0.29) is 44.8 Å². The quantitative estimate of drug-likeness (QED) is 0.223. The standard InChI is InChI=1S/C27H22BrFN2O7S2/c1-3-37-23-13-18(14-24-26(33)31(27(34)39-24)15-17-4-6-19(29)7-5-17)12-22(28)25(23)38-40(35,36)21-10-8-20(9-11-21)30-16(2)32/h4-14H,3,15H2,1-2H3,(H,30,32)/b24-14-. The fourth-order valence-electron chi connectivity index (χ4n) is 3.64. The van der Waals surface area contributed by atoms with Crippen molar-refractivity contribution in [1.82, 2.24) is 4.90 Å². The third-order valence-corrected chi connectivity index (χ3v) is 8.15. The number of hydrogen-bond donors (Lipinski definition) is 1. The summed E-state index contributed by atoms with van der Waals surface area (Å²) in [6, 6.07) is 14.0. The summed E-state index contributed by atoms with van der Waals surface area (Å²) in [5.41, 5.74) is 1.47. The van der Waals surface area contributed by atoms with Crippen LogP contribution in [0, 0.1) is 5.82 Å². The summed E-state index contributed by atoms with van der Waals surface area (Å²) in [5.74, 6) is -1.25. The first-order valence-electron chi connectivity index (χ1n) is 11.7. The summed E-state index contributed by atoms with van der Waals surface area (Å²) >= 11 is 4.08. The molecule has 0 spiro atoms. The molecule has 4 rings (SSSR count). The first-order valence-corrected chi connectivity index (χ1v) is 14.8. The Morgan fingerprint density at radius 2 is 1.77 bits per heavy atom. The van der Waals surface area contributed by atoms with Crippen molar-refractivity contribution in [1.29, 1.82) is 0 Å². The summed E-state index contributed by atoms with van der Waals surface area (Å²) in [5, 5.41) is 2.08. The van der Waals surface area contributed by atoms with Gasteiger partial charge >= 0.3 is 10.1 Å². The largest absolute Gasteiger partial charge is 0.490 e. The van der Waals surface area contributed by atoms with Gasteiger partial charge in [0.25, 0.3) is 11.1 Å². The molecular weight excluding hydrogens is 627 g/mol. The Bertz CT molecular complexity index is 1610. The average Bonchev–Trinajstić information content (AvgIpc) is 3.14. The van der Waals surface area contributed by atoms with Gasteiger partial charge < -0.3 is 14.2 Å². The highest BCUT2D eigenvalue weighted by molar-refractivity contribution is 9.10. The third-order valence-electron chi connectivity index (χ3n) is 5.41. The first-order chi connectivity index (χ1) is 19.0. The number of imide groups is 1. The Balaban J connectivity index is 1.58. The number of amides is 3. The van der Waals surface area contributed by atoms with Crippen molar-refractivity contribution < 1.29 is 36.1 Å². The lowest BCUT2D eigenvalue weighted by atomic mass is 10.1. The number of nitrogens with one attached hydrogen (secondary N) is 1. The molecule has 1 heterocycles. The molecule has 1 saturated heterocycles. The van der Waals surface area contributed by atoms with Gasteiger partial charge in [-0.05, 0) is 100 Å². The molecule has 0 aromatic heterocycles. The van der Waals surface area contributed by atoms with Crippen molar-refractivity contribution in [3.8, 4) is 11.5 Å². The van der Waals surface area contributed by atoms with E-state index in [0.717, 1.165) is 16.7 Å². The van der Waals surface area contributed by atoms with Crippen LogP contribution in [0.5, 0.6) is 11.5 Å². The predicted molar refractivity (Wildman–Crippen MR) is 152 cm³/mol. The molecule has 1 N–H and O–H groups in total. The highest BCUT2D eigenvalue weighted by Crippen LogP contribution is 2.41. The molecule has 13 heteroatoms. The molecule has 0 atom stereocenters. The Labute approximate surface area is 242 Å². The van der Waals surface area contributed by atoms with Gasteiger partial charge in [-0.2, -0.15) is 8.42 Å². The number of nitrogens with zero attached hydrogens (tertiary/aromatic N) is 1. The van der Waals surface area contributed by atoms with Gasteiger partial charge in [-0.15, -0.1) is 0 Å². The average molecular weight is 650 g/mol. The molecule has 3 amide bonds. The number of thioether (sulfide) groups is 1. The minimum Gasteiger partial charge on any atom is -0.490 e. The number of benzene rings is 3. The monoisotopic (exact) mass is 648 g/mol. The van der Waals surface area contributed by atoms with Crippen molar-refractivity contribution in [2.24, 2.45) is 0 Å². The number of halogens is 2. The summed E-state index contributed by atoms with van der Waals surface area (Å²) in [4.78, 5) is 37.8. The number of hydrogen-bond acceptors (Lipinski definition) is 8. The van der Waals surface area contributed by atoms with Gasteiger partial charge in [-0.25, -0.2) is 4.39 Å². The zero-order valence-electron chi connectivity index (χ0n) is 21.1. The topological polar surface area (TPSA) is 119 Å². The Hall–Kier alpha value is -3.68. The van der Waals surface area contributed by atoms with E-state index < -0.39 is 27.1 Å². The van der Waals surface area contributed by atoms with Gasteiger partial charge in [0.15, 0.2) is 11.5 Å². The number of anilines is 1. The van der Waals surface area contributed by atoms with Crippen molar-refractivity contribution in [3.63, 3.8) is 0 Å². The second-order valence-corrected chi connectivity index (χ2v) is 11.8. The van der Waals surface area contributed by atoms with Crippen LogP contribution in [0.25, 0.3) is 6.08 Å². The van der Waals surface area contributed by atoms with Crippen molar-refractivity contribution in [2.75, 3.05) is 11.9 Å². The zero-order chi connectivity index (χ0) is 29.0. The summed E-state index contributed by atoms with van der Waals surface area (Å²) in [7, 11) is -4.28. The molecule has 0 radical (unpaired) electrons. The first kappa shape index (κ1) is 29.3. The van der Waals surface area contributed by atoms with Gasteiger partial charge in [0.05, 0.1) is 22.5 Å². The lowest BCUT2D eigenvalue weighted by Crippen LogP contribution is -2.27. The van der Waals surface area contributed by atoms with Gasteiger partial charge in [-0.1, -0.05) is 12.1 Å². The van der Waals surface area contributed by atoms with Crippen molar-refractivity contribution in [2.45, 2.75) is 25.3 Å². The number of carbonyl (C=O) groups excluding carboxylic acids is 3. The molecule has 0 aliphatic carbocycles. The maximum atomic E-state index is 13.2. The second-order valence-electron chi connectivity index (χ2n) is 8.40. The van der Waals surface area contributed by atoms with E-state index in [9.17, 15) is 27.2 Å². The van der Waals surface area contributed by atoms with Crippen LogP contribution in [-0.4, -0.2) is 37.0 Å². The lowest BCUT2D eigenvalue weighted by molar-refractivity contribution is -0.123. The van der Waals surface area contributed by atoms with Crippen LogP contribution >= 0.6 is 27.7 Å². The molecule has 3 aromatic rings. The lowest BCUT2D eigenvalue weighted by Gasteiger charge is -2.15. The molecule has 9 nitrogen and oxygen atoms in total. The Kier molecular flexibility index (Phi) is 8.96. The van der Waals surface area contributed by atoms with Crippen LogP contribution in [0.2, 0.25) is 0 Å². The second kappa shape index (κ2) is 12.2. The smallest absolute Gasteiger partial charge is 0.339 e. The Morgan fingerprint density at radius 1 is 1.10 bits per heavy atom. The van der Waals surface area contributed by atoms with E-state index in [1.807, 2.05) is 0 Å². The molecule has 0 bridgehead atoms. The highest BCUT2D eigenvalue weighted by atomic mass is 79.9. The molecule has 3 aromatic carbocycles. The fourth-order valence-corrected chi connectivity index (χ4v) is 6.08. The minimum absolute atomic E-state index is 0.00733. The van der Waals surface area contributed by atoms with E-state index in [4.69, 9.17) is 8.92 Å². The van der Waals surface area contributed by atoms with E-state index >= 15 is 0 Å². The van der Waals surface area contributed by atoms with Gasteiger partial charge in [0.2, 0.25) is 5.91 Å². The van der Waals surface area contributed by atoms with E-state index in [1.165, 1.54) is 73.7 Å². The van der Waals surface area contributed by atoms with Crippen molar-refractivity contribution >= 4 is 66.6 Å². The van der Waals surface area contributed by atoms with Gasteiger partial charge in [0.1, 0.15) is 10.7 Å². The molecule has 0 saturated carbocycles. The predicted octanol–water partition coefficient (Wildman–Crippen LogP) is 5.95. The van der Waals surface area contributed by atoms with Crippen LogP contribution in [0.15, 0.2) is 74.9 Å².